The number of aromatic nitrogens is 1. The molecule has 0 radical (unpaired) electrons. The highest BCUT2D eigenvalue weighted by Gasteiger charge is 2.03. The summed E-state index contributed by atoms with van der Waals surface area (Å²) in [6.45, 7) is 0.859. The minimum atomic E-state index is 0.859. The van der Waals surface area contributed by atoms with Gasteiger partial charge in [0, 0.05) is 28.7 Å². The summed E-state index contributed by atoms with van der Waals surface area (Å²) >= 11 is 6.91. The molecule has 0 saturated heterocycles. The summed E-state index contributed by atoms with van der Waals surface area (Å²) < 4.78 is 2.10. The molecule has 2 aromatic rings. The van der Waals surface area contributed by atoms with Crippen molar-refractivity contribution in [2.75, 3.05) is 11.9 Å². The van der Waals surface area contributed by atoms with Gasteiger partial charge in [-0.1, -0.05) is 28.1 Å². The van der Waals surface area contributed by atoms with Crippen molar-refractivity contribution in [1.29, 1.82) is 0 Å². The molecular weight excluding hydrogens is 344 g/mol. The van der Waals surface area contributed by atoms with E-state index in [2.05, 4.69) is 67.0 Å². The van der Waals surface area contributed by atoms with Gasteiger partial charge in [-0.3, -0.25) is 4.98 Å². The molecule has 1 heterocycles. The summed E-state index contributed by atoms with van der Waals surface area (Å²) in [5, 5.41) is 0. The van der Waals surface area contributed by atoms with E-state index in [0.29, 0.717) is 0 Å². The number of rotatable bonds is 3. The Labute approximate surface area is 118 Å². The molecule has 0 N–H and O–H groups in total. The van der Waals surface area contributed by atoms with Gasteiger partial charge >= 0.3 is 0 Å². The van der Waals surface area contributed by atoms with E-state index in [1.807, 2.05) is 18.3 Å². The molecule has 0 saturated carbocycles. The second-order valence-corrected chi connectivity index (χ2v) is 5.68. The lowest BCUT2D eigenvalue weighted by Gasteiger charge is -2.19. The molecule has 2 rings (SSSR count). The van der Waals surface area contributed by atoms with Crippen LogP contribution in [0.5, 0.6) is 0 Å². The summed E-state index contributed by atoms with van der Waals surface area (Å²) in [6.07, 6.45) is 3.65. The van der Waals surface area contributed by atoms with Crippen LogP contribution in [0, 0.1) is 0 Å². The van der Waals surface area contributed by atoms with Gasteiger partial charge in [-0.25, -0.2) is 0 Å². The Balaban J connectivity index is 2.14. The van der Waals surface area contributed by atoms with Crippen LogP contribution in [0.1, 0.15) is 5.56 Å². The van der Waals surface area contributed by atoms with Crippen LogP contribution >= 0.6 is 31.9 Å². The zero-order valence-electron chi connectivity index (χ0n) is 9.40. The number of nitrogens with zero attached hydrogens (tertiary/aromatic N) is 2. The van der Waals surface area contributed by atoms with Crippen molar-refractivity contribution in [3.8, 4) is 0 Å². The molecule has 0 unspecified atom stereocenters. The first-order valence-electron chi connectivity index (χ1n) is 5.21. The third-order valence-electron chi connectivity index (χ3n) is 2.44. The molecule has 0 aliphatic carbocycles. The van der Waals surface area contributed by atoms with E-state index in [4.69, 9.17) is 0 Å². The van der Waals surface area contributed by atoms with Crippen molar-refractivity contribution < 1.29 is 0 Å². The van der Waals surface area contributed by atoms with Gasteiger partial charge in [-0.05, 0) is 39.7 Å². The molecule has 0 fully saturated rings. The van der Waals surface area contributed by atoms with Gasteiger partial charge in [0.05, 0.1) is 11.9 Å². The van der Waals surface area contributed by atoms with E-state index in [9.17, 15) is 0 Å². The number of hydrogen-bond donors (Lipinski definition) is 0. The van der Waals surface area contributed by atoms with Crippen LogP contribution in [0.15, 0.2) is 51.7 Å². The zero-order valence-corrected chi connectivity index (χ0v) is 12.6. The molecule has 17 heavy (non-hydrogen) atoms. The maximum Gasteiger partial charge on any atom is 0.0564 e. The van der Waals surface area contributed by atoms with Gasteiger partial charge in [0.1, 0.15) is 0 Å². The zero-order chi connectivity index (χ0) is 12.3. The van der Waals surface area contributed by atoms with Crippen LogP contribution in [0.25, 0.3) is 0 Å². The normalized spacial score (nSPS) is 10.3. The number of benzene rings is 1. The van der Waals surface area contributed by atoms with Crippen molar-refractivity contribution in [2.24, 2.45) is 0 Å². The van der Waals surface area contributed by atoms with Crippen LogP contribution in [0.4, 0.5) is 5.69 Å². The quantitative estimate of drug-likeness (QED) is 0.818. The molecule has 0 amide bonds. The highest BCUT2D eigenvalue weighted by Crippen LogP contribution is 2.20. The summed E-state index contributed by atoms with van der Waals surface area (Å²) in [5.74, 6) is 0. The number of pyridine rings is 1. The van der Waals surface area contributed by atoms with E-state index < -0.39 is 0 Å². The van der Waals surface area contributed by atoms with Crippen molar-refractivity contribution in [1.82, 2.24) is 4.98 Å². The molecular formula is C13H12Br2N2. The second-order valence-electron chi connectivity index (χ2n) is 3.85. The lowest BCUT2D eigenvalue weighted by atomic mass is 10.2. The van der Waals surface area contributed by atoms with E-state index in [1.54, 1.807) is 6.20 Å². The van der Waals surface area contributed by atoms with Crippen LogP contribution in [-0.2, 0) is 6.54 Å². The monoisotopic (exact) mass is 354 g/mol. The Morgan fingerprint density at radius 1 is 1.12 bits per heavy atom. The van der Waals surface area contributed by atoms with Crippen LogP contribution in [0.3, 0.4) is 0 Å². The van der Waals surface area contributed by atoms with Gasteiger partial charge in [-0.15, -0.1) is 0 Å². The number of anilines is 1. The Hall–Kier alpha value is -0.870. The first-order valence-corrected chi connectivity index (χ1v) is 6.80. The van der Waals surface area contributed by atoms with Gasteiger partial charge in [0.15, 0.2) is 0 Å². The van der Waals surface area contributed by atoms with Crippen molar-refractivity contribution in [2.45, 2.75) is 6.54 Å². The van der Waals surface area contributed by atoms with Crippen molar-refractivity contribution >= 4 is 37.5 Å². The molecule has 2 nitrogen and oxygen atoms in total. The summed E-state index contributed by atoms with van der Waals surface area (Å²) in [6, 6.07) is 10.4. The maximum absolute atomic E-state index is 4.17. The highest BCUT2D eigenvalue weighted by molar-refractivity contribution is 9.10. The van der Waals surface area contributed by atoms with E-state index in [0.717, 1.165) is 21.2 Å². The van der Waals surface area contributed by atoms with Gasteiger partial charge in [0.2, 0.25) is 0 Å². The molecule has 88 valence electrons. The van der Waals surface area contributed by atoms with Gasteiger partial charge in [-0.2, -0.15) is 0 Å². The van der Waals surface area contributed by atoms with E-state index in [1.165, 1.54) is 5.56 Å². The SMILES string of the molecule is CN(Cc1cccc(Br)c1)c1cncc(Br)c1. The first-order chi connectivity index (χ1) is 8.15. The average molecular weight is 356 g/mol. The summed E-state index contributed by atoms with van der Waals surface area (Å²) in [5.41, 5.74) is 2.36. The Morgan fingerprint density at radius 2 is 1.94 bits per heavy atom. The summed E-state index contributed by atoms with van der Waals surface area (Å²) in [7, 11) is 2.06. The average Bonchev–Trinajstić information content (AvgIpc) is 2.29. The smallest absolute Gasteiger partial charge is 0.0564 e. The number of halogens is 2. The molecule has 0 aliphatic rings. The minimum Gasteiger partial charge on any atom is -0.369 e. The molecule has 0 bridgehead atoms. The molecule has 0 atom stereocenters. The third-order valence-corrected chi connectivity index (χ3v) is 3.37. The fourth-order valence-corrected chi connectivity index (χ4v) is 2.41. The second kappa shape index (κ2) is 5.65. The van der Waals surface area contributed by atoms with Crippen molar-refractivity contribution in [3.05, 3.63) is 57.2 Å². The van der Waals surface area contributed by atoms with Crippen LogP contribution < -0.4 is 4.90 Å². The lowest BCUT2D eigenvalue weighted by molar-refractivity contribution is 0.916. The van der Waals surface area contributed by atoms with Crippen LogP contribution in [-0.4, -0.2) is 12.0 Å². The van der Waals surface area contributed by atoms with E-state index in [-0.39, 0.29) is 0 Å². The Morgan fingerprint density at radius 3 is 2.65 bits per heavy atom. The fraction of sp³-hybridized carbons (Fsp3) is 0.154. The van der Waals surface area contributed by atoms with E-state index >= 15 is 0 Å². The van der Waals surface area contributed by atoms with Gasteiger partial charge < -0.3 is 4.90 Å². The first kappa shape index (κ1) is 12.6. The third kappa shape index (κ3) is 3.54. The molecule has 1 aromatic carbocycles. The Bertz CT molecular complexity index is 514. The topological polar surface area (TPSA) is 16.1 Å². The highest BCUT2D eigenvalue weighted by atomic mass is 79.9. The molecule has 0 spiro atoms. The van der Waals surface area contributed by atoms with Gasteiger partial charge in [0.25, 0.3) is 0 Å². The largest absolute Gasteiger partial charge is 0.369 e. The summed E-state index contributed by atoms with van der Waals surface area (Å²) in [4.78, 5) is 6.33. The molecule has 1 aromatic heterocycles. The Kier molecular flexibility index (Phi) is 4.18. The lowest BCUT2D eigenvalue weighted by Crippen LogP contribution is -2.16. The maximum atomic E-state index is 4.17. The van der Waals surface area contributed by atoms with Crippen LogP contribution in [0.2, 0.25) is 0 Å². The molecule has 0 aliphatic heterocycles. The van der Waals surface area contributed by atoms with Crippen molar-refractivity contribution in [3.63, 3.8) is 0 Å². The molecule has 4 heteroatoms. The minimum absolute atomic E-state index is 0.859. The standard InChI is InChI=1S/C13H12Br2N2/c1-17(13-6-12(15)7-16-8-13)9-10-3-2-4-11(14)5-10/h2-8H,9H2,1H3. The fourth-order valence-electron chi connectivity index (χ4n) is 1.61. The number of hydrogen-bond acceptors (Lipinski definition) is 2. The predicted molar refractivity (Wildman–Crippen MR) is 78.2 cm³/mol. The predicted octanol–water partition coefficient (Wildman–Crippen LogP) is 4.24.